The van der Waals surface area contributed by atoms with Gasteiger partial charge >= 0.3 is 23.9 Å². The Hall–Kier alpha value is -1.97. The zero-order valence-electron chi connectivity index (χ0n) is 13.8. The van der Waals surface area contributed by atoms with E-state index < -0.39 is 58.2 Å². The smallest absolute Gasteiger partial charge is 0.303 e. The van der Waals surface area contributed by atoms with Crippen LogP contribution >= 0.6 is 0 Å². The second-order valence-electron chi connectivity index (χ2n) is 5.18. The van der Waals surface area contributed by atoms with Crippen LogP contribution in [0.4, 0.5) is 0 Å². The van der Waals surface area contributed by atoms with Crippen LogP contribution in [0.1, 0.15) is 27.7 Å². The molecule has 1 aliphatic rings. The van der Waals surface area contributed by atoms with Gasteiger partial charge in [-0.05, 0) is 0 Å². The fraction of sp³-hybridized carbons (Fsp3) is 0.714. The standard InChI is InChI=1S/C14H20O9S/c1-7(15)20-5-12-14(23-10(4)18)13(22-9(3)17)11(6-24(12)19)21-8(2)16/h11-14H,5-6H2,1-4H3/t11-,12+,13+,14+,24?/m0/s1. The van der Waals surface area contributed by atoms with Crippen molar-refractivity contribution in [3.8, 4) is 0 Å². The molecular weight excluding hydrogens is 344 g/mol. The Labute approximate surface area is 141 Å². The highest BCUT2D eigenvalue weighted by molar-refractivity contribution is 7.85. The van der Waals surface area contributed by atoms with Gasteiger partial charge in [0.1, 0.15) is 11.9 Å². The third-order valence-corrected chi connectivity index (χ3v) is 4.83. The van der Waals surface area contributed by atoms with Crippen LogP contribution in [0.2, 0.25) is 0 Å². The molecule has 0 spiro atoms. The third kappa shape index (κ3) is 5.91. The number of carbonyl (C=O) groups is 4. The molecule has 0 amide bonds. The second-order valence-corrected chi connectivity index (χ2v) is 6.88. The van der Waals surface area contributed by atoms with E-state index in [0.717, 1.165) is 20.8 Å². The number of hydrogen-bond donors (Lipinski definition) is 0. The van der Waals surface area contributed by atoms with Crippen molar-refractivity contribution in [2.45, 2.75) is 51.3 Å². The first kappa shape index (κ1) is 20.1. The number of carbonyl (C=O) groups excluding carboxylic acids is 4. The Morgan fingerprint density at radius 3 is 1.79 bits per heavy atom. The van der Waals surface area contributed by atoms with Crippen molar-refractivity contribution in [2.75, 3.05) is 12.4 Å². The molecule has 24 heavy (non-hydrogen) atoms. The molecule has 1 aliphatic heterocycles. The van der Waals surface area contributed by atoms with Crippen molar-refractivity contribution in [3.63, 3.8) is 0 Å². The van der Waals surface area contributed by atoms with Crippen molar-refractivity contribution in [1.82, 2.24) is 0 Å². The van der Waals surface area contributed by atoms with E-state index >= 15 is 0 Å². The third-order valence-electron chi connectivity index (χ3n) is 3.10. The zero-order chi connectivity index (χ0) is 18.4. The summed E-state index contributed by atoms with van der Waals surface area (Å²) in [6, 6.07) is 0. The molecule has 0 aromatic rings. The van der Waals surface area contributed by atoms with Crippen molar-refractivity contribution < 1.29 is 42.3 Å². The van der Waals surface area contributed by atoms with E-state index in [1.807, 2.05) is 0 Å². The van der Waals surface area contributed by atoms with Crippen LogP contribution in [-0.2, 0) is 48.9 Å². The van der Waals surface area contributed by atoms with Crippen molar-refractivity contribution in [2.24, 2.45) is 0 Å². The summed E-state index contributed by atoms with van der Waals surface area (Å²) in [5.74, 6) is -2.78. The summed E-state index contributed by atoms with van der Waals surface area (Å²) in [5.41, 5.74) is 0. The van der Waals surface area contributed by atoms with Gasteiger partial charge in [0, 0.05) is 38.5 Å². The lowest BCUT2D eigenvalue weighted by Crippen LogP contribution is -2.59. The quantitative estimate of drug-likeness (QED) is 0.468. The Bertz CT molecular complexity index is 544. The molecule has 9 nitrogen and oxygen atoms in total. The van der Waals surface area contributed by atoms with Gasteiger partial charge in [-0.2, -0.15) is 0 Å². The van der Waals surface area contributed by atoms with E-state index in [4.69, 9.17) is 18.9 Å². The molecule has 1 unspecified atom stereocenters. The van der Waals surface area contributed by atoms with Crippen LogP contribution in [0.25, 0.3) is 0 Å². The summed E-state index contributed by atoms with van der Waals surface area (Å²) < 4.78 is 32.6. The van der Waals surface area contributed by atoms with Gasteiger partial charge in [0.25, 0.3) is 0 Å². The fourth-order valence-electron chi connectivity index (χ4n) is 2.31. The molecule has 0 N–H and O–H groups in total. The van der Waals surface area contributed by atoms with Gasteiger partial charge in [0.2, 0.25) is 0 Å². The molecule has 136 valence electrons. The summed E-state index contributed by atoms with van der Waals surface area (Å²) in [4.78, 5) is 45.0. The van der Waals surface area contributed by atoms with Gasteiger partial charge in [0.05, 0.1) is 5.75 Å². The molecule has 1 saturated heterocycles. The van der Waals surface area contributed by atoms with Crippen LogP contribution < -0.4 is 0 Å². The van der Waals surface area contributed by atoms with E-state index in [-0.39, 0.29) is 12.4 Å². The number of hydrogen-bond acceptors (Lipinski definition) is 9. The minimum absolute atomic E-state index is 0.138. The van der Waals surface area contributed by atoms with Gasteiger partial charge < -0.3 is 18.9 Å². The molecule has 0 radical (unpaired) electrons. The largest absolute Gasteiger partial charge is 0.464 e. The predicted octanol–water partition coefficient (Wildman–Crippen LogP) is -0.524. The van der Waals surface area contributed by atoms with E-state index in [2.05, 4.69) is 0 Å². The summed E-state index contributed by atoms with van der Waals surface area (Å²) in [6.45, 7) is 4.32. The average Bonchev–Trinajstić information content (AvgIpc) is 2.40. The maximum absolute atomic E-state index is 12.4. The zero-order valence-corrected chi connectivity index (χ0v) is 14.6. The summed E-state index contributed by atoms with van der Waals surface area (Å²) >= 11 is 0. The van der Waals surface area contributed by atoms with Crippen molar-refractivity contribution in [1.29, 1.82) is 0 Å². The molecule has 0 aromatic heterocycles. The topological polar surface area (TPSA) is 122 Å². The minimum atomic E-state index is -1.65. The first-order chi connectivity index (χ1) is 11.1. The van der Waals surface area contributed by atoms with E-state index in [1.165, 1.54) is 6.92 Å². The SMILES string of the molecule is CC(=O)OC[C@@H]1[C@@H](OC(C)=O)[C@H](OC(C)=O)[C@@H](OC(C)=O)CS1=O. The van der Waals surface area contributed by atoms with Crippen LogP contribution in [0.3, 0.4) is 0 Å². The van der Waals surface area contributed by atoms with Crippen molar-refractivity contribution in [3.05, 3.63) is 0 Å². The highest BCUT2D eigenvalue weighted by atomic mass is 32.2. The molecule has 1 rings (SSSR count). The van der Waals surface area contributed by atoms with Crippen LogP contribution in [-0.4, -0.2) is 64.0 Å². The number of esters is 4. The second kappa shape index (κ2) is 8.76. The van der Waals surface area contributed by atoms with E-state index in [1.54, 1.807) is 0 Å². The van der Waals surface area contributed by atoms with E-state index in [0.29, 0.717) is 0 Å². The summed E-state index contributed by atoms with van der Waals surface area (Å²) in [7, 11) is -1.65. The van der Waals surface area contributed by atoms with E-state index in [9.17, 15) is 23.4 Å². The Morgan fingerprint density at radius 2 is 1.33 bits per heavy atom. The first-order valence-electron chi connectivity index (χ1n) is 7.14. The molecule has 0 saturated carbocycles. The lowest BCUT2D eigenvalue weighted by atomic mass is 10.0. The molecule has 0 aliphatic carbocycles. The molecule has 0 aromatic carbocycles. The highest BCUT2D eigenvalue weighted by Crippen LogP contribution is 2.27. The van der Waals surface area contributed by atoms with Crippen LogP contribution in [0.5, 0.6) is 0 Å². The summed E-state index contributed by atoms with van der Waals surface area (Å²) in [6.07, 6.45) is -3.36. The molecule has 1 heterocycles. The van der Waals surface area contributed by atoms with Crippen LogP contribution in [0.15, 0.2) is 0 Å². The van der Waals surface area contributed by atoms with Gasteiger partial charge in [-0.15, -0.1) is 0 Å². The normalized spacial score (nSPS) is 29.2. The average molecular weight is 364 g/mol. The Kier molecular flexibility index (Phi) is 7.33. The Morgan fingerprint density at radius 1 is 0.833 bits per heavy atom. The molecular formula is C14H20O9S. The number of ether oxygens (including phenoxy) is 4. The first-order valence-corrected chi connectivity index (χ1v) is 8.52. The fourth-order valence-corrected chi connectivity index (χ4v) is 3.86. The maximum Gasteiger partial charge on any atom is 0.303 e. The maximum atomic E-state index is 12.4. The summed E-state index contributed by atoms with van der Waals surface area (Å²) in [5, 5.41) is -0.908. The monoisotopic (exact) mass is 364 g/mol. The molecule has 10 heteroatoms. The number of rotatable bonds is 5. The molecule has 5 atom stereocenters. The van der Waals surface area contributed by atoms with Crippen molar-refractivity contribution >= 4 is 34.7 Å². The van der Waals surface area contributed by atoms with Gasteiger partial charge in [-0.25, -0.2) is 0 Å². The molecule has 1 fully saturated rings. The van der Waals surface area contributed by atoms with Gasteiger partial charge in [-0.3, -0.25) is 23.4 Å². The molecule has 0 bridgehead atoms. The Balaban J connectivity index is 3.13. The lowest BCUT2D eigenvalue weighted by molar-refractivity contribution is -0.183. The van der Waals surface area contributed by atoms with Crippen LogP contribution in [0, 0.1) is 0 Å². The lowest BCUT2D eigenvalue weighted by Gasteiger charge is -2.39. The minimum Gasteiger partial charge on any atom is -0.464 e. The van der Waals surface area contributed by atoms with Gasteiger partial charge in [0.15, 0.2) is 18.3 Å². The predicted molar refractivity (Wildman–Crippen MR) is 80.1 cm³/mol. The highest BCUT2D eigenvalue weighted by Gasteiger charge is 2.49. The van der Waals surface area contributed by atoms with Gasteiger partial charge in [-0.1, -0.05) is 0 Å².